The molecular weight excluding hydrogens is 122 g/mol. The summed E-state index contributed by atoms with van der Waals surface area (Å²) in [6.07, 6.45) is 1.12. The Kier molecular flexibility index (Phi) is 4.01. The molecular formula is C9H17N. The first-order chi connectivity index (χ1) is 4.63. The molecule has 0 saturated heterocycles. The van der Waals surface area contributed by atoms with Crippen molar-refractivity contribution in [3.05, 3.63) is 11.1 Å². The molecule has 0 spiro atoms. The van der Waals surface area contributed by atoms with Gasteiger partial charge in [0.2, 0.25) is 0 Å². The summed E-state index contributed by atoms with van der Waals surface area (Å²) in [7, 11) is 1.84. The predicted molar refractivity (Wildman–Crippen MR) is 47.7 cm³/mol. The Morgan fingerprint density at radius 2 is 1.70 bits per heavy atom. The van der Waals surface area contributed by atoms with Crippen LogP contribution < -0.4 is 0 Å². The summed E-state index contributed by atoms with van der Waals surface area (Å²) in [5, 5.41) is 0. The van der Waals surface area contributed by atoms with E-state index >= 15 is 0 Å². The van der Waals surface area contributed by atoms with E-state index in [1.54, 1.807) is 0 Å². The van der Waals surface area contributed by atoms with Crippen molar-refractivity contribution in [3.8, 4) is 0 Å². The van der Waals surface area contributed by atoms with Gasteiger partial charge in [-0.3, -0.25) is 4.99 Å². The standard InChI is InChI=1S/C9H17N/c1-6-7(2)8(3)9(4)10-5/h6H2,1-5H3. The Bertz CT molecular complexity index is 164. The van der Waals surface area contributed by atoms with E-state index in [1.165, 1.54) is 11.1 Å². The van der Waals surface area contributed by atoms with Crippen molar-refractivity contribution in [2.45, 2.75) is 34.1 Å². The highest BCUT2D eigenvalue weighted by Gasteiger charge is 1.96. The molecule has 58 valence electrons. The van der Waals surface area contributed by atoms with Crippen LogP contribution in [-0.2, 0) is 0 Å². The van der Waals surface area contributed by atoms with Gasteiger partial charge in [-0.2, -0.15) is 0 Å². The van der Waals surface area contributed by atoms with Gasteiger partial charge in [0.1, 0.15) is 0 Å². The zero-order chi connectivity index (χ0) is 8.15. The summed E-state index contributed by atoms with van der Waals surface area (Å²) < 4.78 is 0. The van der Waals surface area contributed by atoms with E-state index in [4.69, 9.17) is 0 Å². The number of rotatable bonds is 2. The summed E-state index contributed by atoms with van der Waals surface area (Å²) >= 11 is 0. The van der Waals surface area contributed by atoms with Crippen LogP contribution in [-0.4, -0.2) is 12.8 Å². The van der Waals surface area contributed by atoms with E-state index in [0.29, 0.717) is 0 Å². The molecule has 0 rings (SSSR count). The summed E-state index contributed by atoms with van der Waals surface area (Å²) in [5.41, 5.74) is 3.92. The van der Waals surface area contributed by atoms with Crippen LogP contribution in [0.5, 0.6) is 0 Å². The molecule has 0 aromatic carbocycles. The average molecular weight is 139 g/mol. The van der Waals surface area contributed by atoms with Crippen molar-refractivity contribution in [1.29, 1.82) is 0 Å². The van der Waals surface area contributed by atoms with E-state index in [0.717, 1.165) is 12.1 Å². The molecule has 0 bridgehead atoms. The van der Waals surface area contributed by atoms with E-state index in [2.05, 4.69) is 32.7 Å². The second-order valence-electron chi connectivity index (χ2n) is 2.57. The molecule has 1 heteroatoms. The fraction of sp³-hybridized carbons (Fsp3) is 0.667. The largest absolute Gasteiger partial charge is 0.293 e. The van der Waals surface area contributed by atoms with Crippen molar-refractivity contribution in [3.63, 3.8) is 0 Å². The van der Waals surface area contributed by atoms with Crippen molar-refractivity contribution < 1.29 is 0 Å². The van der Waals surface area contributed by atoms with Crippen LogP contribution in [0.4, 0.5) is 0 Å². The van der Waals surface area contributed by atoms with Gasteiger partial charge in [-0.15, -0.1) is 0 Å². The fourth-order valence-electron chi connectivity index (χ4n) is 0.742. The highest BCUT2D eigenvalue weighted by Crippen LogP contribution is 2.08. The molecule has 0 aromatic rings. The summed E-state index contributed by atoms with van der Waals surface area (Å²) in [5.74, 6) is 0. The van der Waals surface area contributed by atoms with Gasteiger partial charge < -0.3 is 0 Å². The summed E-state index contributed by atoms with van der Waals surface area (Å²) in [6, 6.07) is 0. The Labute approximate surface area is 63.9 Å². The number of aliphatic imine (C=N–C) groups is 1. The highest BCUT2D eigenvalue weighted by atomic mass is 14.7. The van der Waals surface area contributed by atoms with Gasteiger partial charge in [0.05, 0.1) is 0 Å². The molecule has 0 atom stereocenters. The van der Waals surface area contributed by atoms with Crippen molar-refractivity contribution in [1.82, 2.24) is 0 Å². The smallest absolute Gasteiger partial charge is 0.0342 e. The molecule has 0 aliphatic carbocycles. The Morgan fingerprint density at radius 1 is 1.20 bits per heavy atom. The predicted octanol–water partition coefficient (Wildman–Crippen LogP) is 2.82. The molecule has 1 nitrogen and oxygen atoms in total. The first-order valence-electron chi connectivity index (χ1n) is 3.73. The van der Waals surface area contributed by atoms with E-state index in [1.807, 2.05) is 7.05 Å². The van der Waals surface area contributed by atoms with Crippen molar-refractivity contribution in [2.75, 3.05) is 7.05 Å². The summed E-state index contributed by atoms with van der Waals surface area (Å²) in [4.78, 5) is 4.12. The fourth-order valence-corrected chi connectivity index (χ4v) is 0.742. The van der Waals surface area contributed by atoms with Crippen LogP contribution in [0.25, 0.3) is 0 Å². The molecule has 0 N–H and O–H groups in total. The third kappa shape index (κ3) is 2.34. The maximum absolute atomic E-state index is 4.12. The molecule has 0 aliphatic heterocycles. The molecule has 0 aromatic heterocycles. The molecule has 0 amide bonds. The Morgan fingerprint density at radius 3 is 2.00 bits per heavy atom. The molecule has 0 heterocycles. The van der Waals surface area contributed by atoms with Gasteiger partial charge >= 0.3 is 0 Å². The van der Waals surface area contributed by atoms with Crippen molar-refractivity contribution >= 4 is 5.71 Å². The normalized spacial score (nSPS) is 15.1. The van der Waals surface area contributed by atoms with Crippen LogP contribution in [0.3, 0.4) is 0 Å². The maximum atomic E-state index is 4.12. The second-order valence-corrected chi connectivity index (χ2v) is 2.57. The van der Waals surface area contributed by atoms with Gasteiger partial charge in [-0.1, -0.05) is 12.5 Å². The number of allylic oxidation sites excluding steroid dienone is 2. The minimum atomic E-state index is 1.12. The first-order valence-corrected chi connectivity index (χ1v) is 3.73. The van der Waals surface area contributed by atoms with Crippen LogP contribution in [0, 0.1) is 0 Å². The lowest BCUT2D eigenvalue weighted by Crippen LogP contribution is -1.95. The lowest BCUT2D eigenvalue weighted by Gasteiger charge is -2.03. The zero-order valence-corrected chi connectivity index (χ0v) is 7.65. The van der Waals surface area contributed by atoms with E-state index in [9.17, 15) is 0 Å². The Hall–Kier alpha value is -0.590. The maximum Gasteiger partial charge on any atom is 0.0342 e. The first kappa shape index (κ1) is 9.41. The number of hydrogen-bond acceptors (Lipinski definition) is 1. The second kappa shape index (κ2) is 4.26. The quantitative estimate of drug-likeness (QED) is 0.522. The van der Waals surface area contributed by atoms with Gasteiger partial charge in [0.25, 0.3) is 0 Å². The zero-order valence-electron chi connectivity index (χ0n) is 7.65. The lowest BCUT2D eigenvalue weighted by atomic mass is 10.1. The SMILES string of the molecule is CCC(C)=C(C)C(C)=NC. The lowest BCUT2D eigenvalue weighted by molar-refractivity contribution is 1.07. The number of nitrogens with zero attached hydrogens (tertiary/aromatic N) is 1. The van der Waals surface area contributed by atoms with Crippen LogP contribution in [0.1, 0.15) is 34.1 Å². The monoisotopic (exact) mass is 139 g/mol. The third-order valence-electron chi connectivity index (χ3n) is 2.05. The molecule has 10 heavy (non-hydrogen) atoms. The summed E-state index contributed by atoms with van der Waals surface area (Å²) in [6.45, 7) is 8.50. The minimum Gasteiger partial charge on any atom is -0.293 e. The van der Waals surface area contributed by atoms with Crippen LogP contribution in [0.2, 0.25) is 0 Å². The molecule has 0 fully saturated rings. The Balaban J connectivity index is 4.46. The van der Waals surface area contributed by atoms with Gasteiger partial charge in [-0.25, -0.2) is 0 Å². The minimum absolute atomic E-state index is 1.12. The molecule has 0 unspecified atom stereocenters. The topological polar surface area (TPSA) is 12.4 Å². The molecule has 0 saturated carbocycles. The van der Waals surface area contributed by atoms with E-state index < -0.39 is 0 Å². The van der Waals surface area contributed by atoms with Crippen molar-refractivity contribution in [2.24, 2.45) is 4.99 Å². The molecule has 0 radical (unpaired) electrons. The van der Waals surface area contributed by atoms with Gasteiger partial charge in [0.15, 0.2) is 0 Å². The van der Waals surface area contributed by atoms with Gasteiger partial charge in [-0.05, 0) is 32.8 Å². The highest BCUT2D eigenvalue weighted by molar-refractivity contribution is 5.98. The van der Waals surface area contributed by atoms with Crippen LogP contribution >= 0.6 is 0 Å². The van der Waals surface area contributed by atoms with E-state index in [-0.39, 0.29) is 0 Å². The number of hydrogen-bond donors (Lipinski definition) is 0. The third-order valence-corrected chi connectivity index (χ3v) is 2.05. The van der Waals surface area contributed by atoms with Gasteiger partial charge in [0, 0.05) is 12.8 Å². The van der Waals surface area contributed by atoms with Crippen LogP contribution in [0.15, 0.2) is 16.1 Å². The average Bonchev–Trinajstić information content (AvgIpc) is 2.00. The molecule has 0 aliphatic rings.